The van der Waals surface area contributed by atoms with Gasteiger partial charge >= 0.3 is 5.97 Å². The van der Waals surface area contributed by atoms with Gasteiger partial charge in [0.1, 0.15) is 5.54 Å². The van der Waals surface area contributed by atoms with Gasteiger partial charge in [-0.05, 0) is 37.5 Å². The maximum atomic E-state index is 12.1. The average Bonchev–Trinajstić information content (AvgIpc) is 2.23. The lowest BCUT2D eigenvalue weighted by Crippen LogP contribution is -2.58. The fourth-order valence-electron chi connectivity index (χ4n) is 1.84. The summed E-state index contributed by atoms with van der Waals surface area (Å²) in [6, 6.07) is 5.72. The van der Waals surface area contributed by atoms with E-state index >= 15 is 0 Å². The number of benzene rings is 1. The van der Waals surface area contributed by atoms with Crippen LogP contribution in [0.4, 0.5) is 0 Å². The van der Waals surface area contributed by atoms with Crippen molar-refractivity contribution in [2.75, 3.05) is 0 Å². The van der Waals surface area contributed by atoms with Gasteiger partial charge < -0.3 is 5.11 Å². The third-order valence-electron chi connectivity index (χ3n) is 3.05. The Labute approximate surface area is 110 Å². The summed E-state index contributed by atoms with van der Waals surface area (Å²) in [6.07, 6.45) is 1.31. The number of hydrogen-bond acceptors (Lipinski definition) is 3. The first kappa shape index (κ1) is 13.3. The largest absolute Gasteiger partial charge is 0.480 e. The maximum absolute atomic E-state index is 12.1. The lowest BCUT2D eigenvalue weighted by molar-refractivity contribution is -0.147. The molecule has 0 bridgehead atoms. The number of carboxylic acid groups (broad SMARTS) is 1. The molecule has 7 heteroatoms. The van der Waals surface area contributed by atoms with Crippen LogP contribution in [0.15, 0.2) is 29.2 Å². The van der Waals surface area contributed by atoms with Crippen molar-refractivity contribution >= 4 is 27.6 Å². The van der Waals surface area contributed by atoms with Crippen LogP contribution >= 0.6 is 11.6 Å². The van der Waals surface area contributed by atoms with Crippen LogP contribution in [-0.4, -0.2) is 25.0 Å². The van der Waals surface area contributed by atoms with Crippen molar-refractivity contribution in [3.8, 4) is 0 Å². The number of carboxylic acids is 1. The van der Waals surface area contributed by atoms with Gasteiger partial charge in [0.05, 0.1) is 4.90 Å². The van der Waals surface area contributed by atoms with E-state index in [9.17, 15) is 13.2 Å². The maximum Gasteiger partial charge on any atom is 0.324 e. The monoisotopic (exact) mass is 289 g/mol. The molecule has 98 valence electrons. The van der Waals surface area contributed by atoms with Crippen LogP contribution < -0.4 is 4.72 Å². The van der Waals surface area contributed by atoms with Crippen LogP contribution in [0, 0.1) is 0 Å². The third-order valence-corrected chi connectivity index (χ3v) is 4.82. The van der Waals surface area contributed by atoms with Gasteiger partial charge in [0.2, 0.25) is 10.0 Å². The van der Waals surface area contributed by atoms with Gasteiger partial charge in [0.25, 0.3) is 0 Å². The molecule has 0 heterocycles. The standard InChI is InChI=1S/C11H12ClNO4S/c12-8-3-1-4-9(7-8)18(16,17)13-11(10(14)15)5-2-6-11/h1,3-4,7,13H,2,5-6H2,(H,14,15). The summed E-state index contributed by atoms with van der Waals surface area (Å²) in [7, 11) is -3.86. The lowest BCUT2D eigenvalue weighted by Gasteiger charge is -2.37. The predicted octanol–water partition coefficient (Wildman–Crippen LogP) is 1.63. The Morgan fingerprint density at radius 2 is 2.06 bits per heavy atom. The summed E-state index contributed by atoms with van der Waals surface area (Å²) in [4.78, 5) is 11.1. The zero-order chi connectivity index (χ0) is 13.4. The quantitative estimate of drug-likeness (QED) is 0.882. The van der Waals surface area contributed by atoms with Gasteiger partial charge in [0.15, 0.2) is 0 Å². The second-order valence-electron chi connectivity index (χ2n) is 4.30. The highest BCUT2D eigenvalue weighted by atomic mass is 35.5. The minimum atomic E-state index is -3.86. The third kappa shape index (κ3) is 2.36. The van der Waals surface area contributed by atoms with E-state index < -0.39 is 21.5 Å². The molecule has 2 rings (SSSR count). The van der Waals surface area contributed by atoms with E-state index in [0.717, 1.165) is 0 Å². The van der Waals surface area contributed by atoms with Crippen LogP contribution in [0.2, 0.25) is 5.02 Å². The molecule has 1 aliphatic carbocycles. The van der Waals surface area contributed by atoms with Crippen LogP contribution in [0.3, 0.4) is 0 Å². The zero-order valence-electron chi connectivity index (χ0n) is 9.39. The number of carbonyl (C=O) groups is 1. The van der Waals surface area contributed by atoms with Crippen molar-refractivity contribution in [1.82, 2.24) is 4.72 Å². The van der Waals surface area contributed by atoms with E-state index in [1.165, 1.54) is 18.2 Å². The first-order valence-corrected chi connectivity index (χ1v) is 7.25. The molecule has 0 unspecified atom stereocenters. The van der Waals surface area contributed by atoms with Crippen molar-refractivity contribution in [1.29, 1.82) is 0 Å². The molecule has 5 nitrogen and oxygen atoms in total. The summed E-state index contributed by atoms with van der Waals surface area (Å²) >= 11 is 5.72. The van der Waals surface area contributed by atoms with Crippen molar-refractivity contribution in [3.63, 3.8) is 0 Å². The second kappa shape index (κ2) is 4.53. The molecule has 2 N–H and O–H groups in total. The minimum absolute atomic E-state index is 0.0254. The van der Waals surface area contributed by atoms with Gasteiger partial charge in [-0.1, -0.05) is 17.7 Å². The van der Waals surface area contributed by atoms with Crippen molar-refractivity contribution in [2.45, 2.75) is 29.7 Å². The molecule has 0 amide bonds. The van der Waals surface area contributed by atoms with Gasteiger partial charge in [-0.25, -0.2) is 8.42 Å². The Hall–Kier alpha value is -1.11. The Morgan fingerprint density at radius 1 is 1.39 bits per heavy atom. The fraction of sp³-hybridized carbons (Fsp3) is 0.364. The second-order valence-corrected chi connectivity index (χ2v) is 6.42. The molecular formula is C11H12ClNO4S. The molecule has 18 heavy (non-hydrogen) atoms. The Bertz CT molecular complexity index is 580. The average molecular weight is 290 g/mol. The normalized spacial score (nSPS) is 18.1. The summed E-state index contributed by atoms with van der Waals surface area (Å²) in [5.41, 5.74) is -1.36. The summed E-state index contributed by atoms with van der Waals surface area (Å²) in [6.45, 7) is 0. The number of rotatable bonds is 4. The van der Waals surface area contributed by atoms with Crippen LogP contribution in [-0.2, 0) is 14.8 Å². The summed E-state index contributed by atoms with van der Waals surface area (Å²) in [5.74, 6) is -1.14. The number of sulfonamides is 1. The number of halogens is 1. The fourth-order valence-corrected chi connectivity index (χ4v) is 3.56. The highest BCUT2D eigenvalue weighted by molar-refractivity contribution is 7.89. The SMILES string of the molecule is O=C(O)C1(NS(=O)(=O)c2cccc(Cl)c2)CCC1. The highest BCUT2D eigenvalue weighted by Crippen LogP contribution is 2.33. The lowest BCUT2D eigenvalue weighted by atomic mass is 9.78. The Kier molecular flexibility index (Phi) is 3.35. The first-order valence-electron chi connectivity index (χ1n) is 5.39. The molecule has 1 aromatic rings. The molecule has 1 saturated carbocycles. The Morgan fingerprint density at radius 3 is 2.50 bits per heavy atom. The summed E-state index contributed by atoms with van der Waals surface area (Å²) in [5, 5.41) is 9.38. The van der Waals surface area contributed by atoms with E-state index in [2.05, 4.69) is 4.72 Å². The molecule has 0 aromatic heterocycles. The molecule has 1 aromatic carbocycles. The van der Waals surface area contributed by atoms with E-state index in [1.807, 2.05) is 0 Å². The molecule has 1 aliphatic rings. The Balaban J connectivity index is 2.30. The van der Waals surface area contributed by atoms with Gasteiger partial charge in [-0.3, -0.25) is 4.79 Å². The topological polar surface area (TPSA) is 83.5 Å². The molecule has 0 saturated heterocycles. The molecule has 0 spiro atoms. The molecule has 0 atom stereocenters. The van der Waals surface area contributed by atoms with Gasteiger partial charge in [-0.2, -0.15) is 4.72 Å². The number of nitrogens with one attached hydrogen (secondary N) is 1. The van der Waals surface area contributed by atoms with E-state index in [4.69, 9.17) is 16.7 Å². The van der Waals surface area contributed by atoms with Gasteiger partial charge in [-0.15, -0.1) is 0 Å². The van der Waals surface area contributed by atoms with Crippen molar-refractivity contribution < 1.29 is 18.3 Å². The van der Waals surface area contributed by atoms with Gasteiger partial charge in [0, 0.05) is 5.02 Å². The number of aliphatic carboxylic acids is 1. The smallest absolute Gasteiger partial charge is 0.324 e. The highest BCUT2D eigenvalue weighted by Gasteiger charge is 2.47. The minimum Gasteiger partial charge on any atom is -0.480 e. The molecule has 0 radical (unpaired) electrons. The van der Waals surface area contributed by atoms with Crippen LogP contribution in [0.1, 0.15) is 19.3 Å². The molecule has 0 aliphatic heterocycles. The number of hydrogen-bond donors (Lipinski definition) is 2. The van der Waals surface area contributed by atoms with Crippen molar-refractivity contribution in [2.24, 2.45) is 0 Å². The van der Waals surface area contributed by atoms with E-state index in [0.29, 0.717) is 19.3 Å². The van der Waals surface area contributed by atoms with Crippen molar-refractivity contribution in [3.05, 3.63) is 29.3 Å². The van der Waals surface area contributed by atoms with Crippen LogP contribution in [0.25, 0.3) is 0 Å². The molecular weight excluding hydrogens is 278 g/mol. The van der Waals surface area contributed by atoms with Crippen LogP contribution in [0.5, 0.6) is 0 Å². The first-order chi connectivity index (χ1) is 8.36. The predicted molar refractivity (Wildman–Crippen MR) is 66.0 cm³/mol. The van der Waals surface area contributed by atoms with E-state index in [-0.39, 0.29) is 9.92 Å². The summed E-state index contributed by atoms with van der Waals surface area (Å²) < 4.78 is 26.4. The molecule has 1 fully saturated rings. The zero-order valence-corrected chi connectivity index (χ0v) is 11.0. The van der Waals surface area contributed by atoms with E-state index in [1.54, 1.807) is 6.07 Å².